The Balaban J connectivity index is 2.39. The Labute approximate surface area is 112 Å². The van der Waals surface area contributed by atoms with Crippen molar-refractivity contribution in [3.63, 3.8) is 0 Å². The SMILES string of the molecule is COc1ccc2c3c(n(C(C)=O)c2c1)C(C)NCC3. The molecule has 0 saturated heterocycles. The summed E-state index contributed by atoms with van der Waals surface area (Å²) in [5, 5.41) is 4.58. The fourth-order valence-electron chi connectivity index (χ4n) is 3.05. The summed E-state index contributed by atoms with van der Waals surface area (Å²) in [6, 6.07) is 6.16. The van der Waals surface area contributed by atoms with Crippen LogP contribution in [0.3, 0.4) is 0 Å². The van der Waals surface area contributed by atoms with Gasteiger partial charge in [0.25, 0.3) is 0 Å². The van der Waals surface area contributed by atoms with Crippen LogP contribution in [0.25, 0.3) is 10.9 Å². The van der Waals surface area contributed by atoms with Gasteiger partial charge in [-0.1, -0.05) is 0 Å². The van der Waals surface area contributed by atoms with Crippen LogP contribution in [0.2, 0.25) is 0 Å². The van der Waals surface area contributed by atoms with Crippen LogP contribution in [-0.4, -0.2) is 24.1 Å². The standard InChI is InChI=1S/C15H18N2O2/c1-9-15-13(6-7-16-9)12-5-4-11(19-3)8-14(12)17(15)10(2)18/h4-5,8-9,16H,6-7H2,1-3H3. The summed E-state index contributed by atoms with van der Waals surface area (Å²) in [6.45, 7) is 4.67. The number of hydrogen-bond acceptors (Lipinski definition) is 3. The number of rotatable bonds is 1. The molecule has 1 N–H and O–H groups in total. The molecule has 0 saturated carbocycles. The molecule has 0 spiro atoms. The molecule has 3 rings (SSSR count). The van der Waals surface area contributed by atoms with E-state index in [1.807, 2.05) is 16.7 Å². The summed E-state index contributed by atoms with van der Waals surface area (Å²) in [5.74, 6) is 0.834. The molecule has 4 nitrogen and oxygen atoms in total. The van der Waals surface area contributed by atoms with Crippen LogP contribution in [0.4, 0.5) is 0 Å². The van der Waals surface area contributed by atoms with E-state index in [1.54, 1.807) is 14.0 Å². The summed E-state index contributed by atoms with van der Waals surface area (Å²) in [4.78, 5) is 12.0. The molecule has 1 aromatic heterocycles. The van der Waals surface area contributed by atoms with Crippen LogP contribution < -0.4 is 10.1 Å². The van der Waals surface area contributed by atoms with E-state index >= 15 is 0 Å². The lowest BCUT2D eigenvalue weighted by molar-refractivity contribution is 0.0936. The van der Waals surface area contributed by atoms with Crippen LogP contribution in [0.1, 0.15) is 35.9 Å². The van der Waals surface area contributed by atoms with E-state index in [-0.39, 0.29) is 11.9 Å². The van der Waals surface area contributed by atoms with Crippen LogP contribution in [0.15, 0.2) is 18.2 Å². The molecule has 0 bridgehead atoms. The average Bonchev–Trinajstić information content (AvgIpc) is 2.73. The third-order valence-corrected chi connectivity index (χ3v) is 3.87. The Kier molecular flexibility index (Phi) is 2.82. The Hall–Kier alpha value is -1.81. The average molecular weight is 258 g/mol. The first-order chi connectivity index (χ1) is 9.13. The Morgan fingerprint density at radius 3 is 2.95 bits per heavy atom. The molecule has 4 heteroatoms. The minimum absolute atomic E-state index is 0.0510. The number of ether oxygens (including phenoxy) is 1. The predicted octanol–water partition coefficient (Wildman–Crippen LogP) is 2.52. The van der Waals surface area contributed by atoms with Gasteiger partial charge < -0.3 is 10.1 Å². The van der Waals surface area contributed by atoms with Crippen LogP contribution >= 0.6 is 0 Å². The van der Waals surface area contributed by atoms with Gasteiger partial charge in [-0.25, -0.2) is 0 Å². The van der Waals surface area contributed by atoms with Gasteiger partial charge in [-0.2, -0.15) is 0 Å². The number of fused-ring (bicyclic) bond motifs is 3. The maximum atomic E-state index is 12.0. The van der Waals surface area contributed by atoms with Crippen LogP contribution in [-0.2, 0) is 6.42 Å². The molecule has 0 amide bonds. The van der Waals surface area contributed by atoms with Gasteiger partial charge in [0.1, 0.15) is 5.75 Å². The molecule has 1 atom stereocenters. The lowest BCUT2D eigenvalue weighted by atomic mass is 10.0. The third-order valence-electron chi connectivity index (χ3n) is 3.87. The Morgan fingerprint density at radius 2 is 2.26 bits per heavy atom. The molecule has 0 aliphatic carbocycles. The van der Waals surface area contributed by atoms with Gasteiger partial charge in [0.2, 0.25) is 5.91 Å². The highest BCUT2D eigenvalue weighted by atomic mass is 16.5. The Morgan fingerprint density at radius 1 is 1.47 bits per heavy atom. The highest BCUT2D eigenvalue weighted by molar-refractivity contribution is 5.96. The number of methoxy groups -OCH3 is 1. The zero-order chi connectivity index (χ0) is 13.6. The van der Waals surface area contributed by atoms with Gasteiger partial charge in [-0.05, 0) is 37.6 Å². The summed E-state index contributed by atoms with van der Waals surface area (Å²) in [5.41, 5.74) is 3.34. The number of hydrogen-bond donors (Lipinski definition) is 1. The van der Waals surface area contributed by atoms with Gasteiger partial charge in [-0.3, -0.25) is 9.36 Å². The number of carbonyl (C=O) groups excluding carboxylic acids is 1. The van der Waals surface area contributed by atoms with Gasteiger partial charge >= 0.3 is 0 Å². The zero-order valence-electron chi connectivity index (χ0n) is 11.5. The normalized spacial score (nSPS) is 18.4. The molecule has 0 radical (unpaired) electrons. The van der Waals surface area contributed by atoms with E-state index in [0.717, 1.165) is 29.9 Å². The molecule has 1 aliphatic rings. The first-order valence-electron chi connectivity index (χ1n) is 6.59. The summed E-state index contributed by atoms with van der Waals surface area (Å²) < 4.78 is 7.10. The fraction of sp³-hybridized carbons (Fsp3) is 0.400. The summed E-state index contributed by atoms with van der Waals surface area (Å²) in [7, 11) is 1.65. The Bertz CT molecular complexity index is 658. The molecule has 19 heavy (non-hydrogen) atoms. The summed E-state index contributed by atoms with van der Waals surface area (Å²) in [6.07, 6.45) is 0.961. The van der Waals surface area contributed by atoms with E-state index in [2.05, 4.69) is 18.3 Å². The molecule has 1 aliphatic heterocycles. The van der Waals surface area contributed by atoms with Crippen molar-refractivity contribution in [2.75, 3.05) is 13.7 Å². The predicted molar refractivity (Wildman–Crippen MR) is 74.9 cm³/mol. The van der Waals surface area contributed by atoms with Crippen LogP contribution in [0, 0.1) is 0 Å². The molecular formula is C15H18N2O2. The number of benzene rings is 1. The highest BCUT2D eigenvalue weighted by Gasteiger charge is 2.26. The number of nitrogens with zero attached hydrogens (tertiary/aromatic N) is 1. The monoisotopic (exact) mass is 258 g/mol. The molecule has 2 heterocycles. The van der Waals surface area contributed by atoms with Crippen LogP contribution in [0.5, 0.6) is 5.75 Å². The molecule has 100 valence electrons. The fourth-order valence-corrected chi connectivity index (χ4v) is 3.05. The van der Waals surface area contributed by atoms with Gasteiger partial charge in [0, 0.05) is 30.1 Å². The highest BCUT2D eigenvalue weighted by Crippen LogP contribution is 2.34. The van der Waals surface area contributed by atoms with Crippen molar-refractivity contribution >= 4 is 16.8 Å². The number of nitrogens with one attached hydrogen (secondary N) is 1. The van der Waals surface area contributed by atoms with Crippen molar-refractivity contribution in [1.82, 2.24) is 9.88 Å². The van der Waals surface area contributed by atoms with Crippen molar-refractivity contribution in [2.24, 2.45) is 0 Å². The lowest BCUT2D eigenvalue weighted by Crippen LogP contribution is -2.30. The van der Waals surface area contributed by atoms with Crippen molar-refractivity contribution < 1.29 is 9.53 Å². The van der Waals surface area contributed by atoms with Crippen molar-refractivity contribution in [3.05, 3.63) is 29.5 Å². The second-order valence-corrected chi connectivity index (χ2v) is 5.03. The van der Waals surface area contributed by atoms with Gasteiger partial charge in [0.15, 0.2) is 0 Å². The minimum Gasteiger partial charge on any atom is -0.497 e. The maximum absolute atomic E-state index is 12.0. The molecule has 0 fully saturated rings. The molecule has 1 aromatic carbocycles. The topological polar surface area (TPSA) is 43.3 Å². The molecule has 1 unspecified atom stereocenters. The first-order valence-corrected chi connectivity index (χ1v) is 6.59. The van der Waals surface area contributed by atoms with E-state index in [4.69, 9.17) is 4.74 Å². The second-order valence-electron chi connectivity index (χ2n) is 5.03. The third kappa shape index (κ3) is 1.75. The quantitative estimate of drug-likeness (QED) is 0.854. The number of aromatic nitrogens is 1. The van der Waals surface area contributed by atoms with E-state index in [1.165, 1.54) is 10.9 Å². The maximum Gasteiger partial charge on any atom is 0.228 e. The molecular weight excluding hydrogens is 240 g/mol. The number of carbonyl (C=O) groups is 1. The van der Waals surface area contributed by atoms with E-state index < -0.39 is 0 Å². The summed E-state index contributed by atoms with van der Waals surface area (Å²) >= 11 is 0. The zero-order valence-corrected chi connectivity index (χ0v) is 11.5. The second kappa shape index (κ2) is 4.38. The largest absolute Gasteiger partial charge is 0.497 e. The van der Waals surface area contributed by atoms with Gasteiger partial charge in [0.05, 0.1) is 12.6 Å². The molecule has 2 aromatic rings. The van der Waals surface area contributed by atoms with Gasteiger partial charge in [-0.15, -0.1) is 0 Å². The van der Waals surface area contributed by atoms with E-state index in [9.17, 15) is 4.79 Å². The first kappa shape index (κ1) is 12.2. The van der Waals surface area contributed by atoms with E-state index in [0.29, 0.717) is 0 Å². The minimum atomic E-state index is 0.0510. The smallest absolute Gasteiger partial charge is 0.228 e. The van der Waals surface area contributed by atoms with Crippen molar-refractivity contribution in [3.8, 4) is 5.75 Å². The lowest BCUT2D eigenvalue weighted by Gasteiger charge is -2.22. The van der Waals surface area contributed by atoms with Crippen molar-refractivity contribution in [2.45, 2.75) is 26.3 Å². The van der Waals surface area contributed by atoms with Crippen molar-refractivity contribution in [1.29, 1.82) is 0 Å².